The van der Waals surface area contributed by atoms with E-state index in [0.29, 0.717) is 18.6 Å². The van der Waals surface area contributed by atoms with Crippen molar-refractivity contribution < 1.29 is 17.9 Å². The lowest BCUT2D eigenvalue weighted by molar-refractivity contribution is -0.136. The predicted molar refractivity (Wildman–Crippen MR) is 91.4 cm³/mol. The van der Waals surface area contributed by atoms with Gasteiger partial charge in [-0.1, -0.05) is 42.0 Å². The van der Waals surface area contributed by atoms with Crippen LogP contribution in [0.3, 0.4) is 0 Å². The second-order valence-corrected chi connectivity index (χ2v) is 7.24. The third-order valence-electron chi connectivity index (χ3n) is 3.93. The van der Waals surface area contributed by atoms with Crippen molar-refractivity contribution in [3.8, 4) is 0 Å². The Hall–Kier alpha value is -2.44. The smallest absolute Gasteiger partial charge is 0.339 e. The summed E-state index contributed by atoms with van der Waals surface area (Å²) in [6.45, 7) is 2.26. The summed E-state index contributed by atoms with van der Waals surface area (Å²) in [6, 6.07) is 13.9. The minimum Gasteiger partial charge on any atom is -0.462 e. The highest BCUT2D eigenvalue weighted by Crippen LogP contribution is 2.33. The van der Waals surface area contributed by atoms with Crippen LogP contribution in [-0.2, 0) is 19.6 Å². The molecule has 3 rings (SSSR count). The van der Waals surface area contributed by atoms with Crippen molar-refractivity contribution in [2.24, 2.45) is 5.14 Å². The van der Waals surface area contributed by atoms with Crippen LogP contribution in [0.25, 0.3) is 11.1 Å². The number of primary sulfonamides is 1. The van der Waals surface area contributed by atoms with Gasteiger partial charge in [0.2, 0.25) is 10.0 Å². The molecular weight excluding hydrogens is 326 g/mol. The van der Waals surface area contributed by atoms with E-state index in [-0.39, 0.29) is 10.9 Å². The molecule has 6 heteroatoms. The van der Waals surface area contributed by atoms with Crippen LogP contribution in [0.1, 0.15) is 23.1 Å². The molecule has 0 saturated heterocycles. The van der Waals surface area contributed by atoms with E-state index in [2.05, 4.69) is 0 Å². The number of benzene rings is 2. The molecule has 0 saturated carbocycles. The highest BCUT2D eigenvalue weighted by molar-refractivity contribution is 7.89. The molecule has 0 unspecified atom stereocenters. The number of ether oxygens (including phenoxy) is 1. The van der Waals surface area contributed by atoms with Gasteiger partial charge in [-0.25, -0.2) is 18.4 Å². The Balaban J connectivity index is 2.14. The second-order valence-electron chi connectivity index (χ2n) is 5.68. The molecule has 1 aliphatic rings. The first kappa shape index (κ1) is 16.4. The molecule has 0 fully saturated rings. The zero-order chi connectivity index (χ0) is 17.3. The summed E-state index contributed by atoms with van der Waals surface area (Å²) in [5.74, 6) is -0.364. The summed E-state index contributed by atoms with van der Waals surface area (Å²) < 4.78 is 28.0. The number of nitrogens with two attached hydrogens (primary N) is 1. The number of sulfonamides is 1. The normalized spacial score (nSPS) is 15.3. The van der Waals surface area contributed by atoms with Gasteiger partial charge in [-0.15, -0.1) is 0 Å². The Morgan fingerprint density at radius 3 is 2.38 bits per heavy atom. The van der Waals surface area contributed by atoms with Gasteiger partial charge in [-0.3, -0.25) is 0 Å². The molecule has 0 spiro atoms. The third-order valence-corrected chi connectivity index (χ3v) is 4.86. The molecule has 5 nitrogen and oxygen atoms in total. The van der Waals surface area contributed by atoms with E-state index >= 15 is 0 Å². The van der Waals surface area contributed by atoms with Gasteiger partial charge in [0.15, 0.2) is 0 Å². The Morgan fingerprint density at radius 1 is 1.04 bits per heavy atom. The van der Waals surface area contributed by atoms with Gasteiger partial charge in [-0.2, -0.15) is 0 Å². The Bertz CT molecular complexity index is 928. The average Bonchev–Trinajstić information content (AvgIpc) is 2.54. The van der Waals surface area contributed by atoms with Crippen LogP contribution < -0.4 is 5.14 Å². The molecule has 1 aliphatic heterocycles. The van der Waals surface area contributed by atoms with Gasteiger partial charge in [-0.05, 0) is 35.8 Å². The minimum absolute atomic E-state index is 0.0438. The summed E-state index contributed by atoms with van der Waals surface area (Å²) in [5, 5.41) is 5.13. The minimum atomic E-state index is -3.74. The molecule has 0 bridgehead atoms. The molecule has 0 aromatic heterocycles. The van der Waals surface area contributed by atoms with Gasteiger partial charge >= 0.3 is 5.97 Å². The fourth-order valence-corrected chi connectivity index (χ4v) is 3.31. The van der Waals surface area contributed by atoms with Crippen molar-refractivity contribution in [3.05, 3.63) is 65.2 Å². The third kappa shape index (κ3) is 3.25. The quantitative estimate of drug-likeness (QED) is 0.868. The first-order valence-corrected chi connectivity index (χ1v) is 9.01. The summed E-state index contributed by atoms with van der Waals surface area (Å²) >= 11 is 0. The van der Waals surface area contributed by atoms with Crippen molar-refractivity contribution in [1.29, 1.82) is 0 Å². The zero-order valence-electron chi connectivity index (χ0n) is 13.2. The van der Waals surface area contributed by atoms with Crippen LogP contribution in [0.5, 0.6) is 0 Å². The molecule has 2 aromatic carbocycles. The number of carbonyl (C=O) groups is 1. The maximum absolute atomic E-state index is 12.3. The lowest BCUT2D eigenvalue weighted by atomic mass is 9.90. The van der Waals surface area contributed by atoms with Crippen LogP contribution in [-0.4, -0.2) is 21.0 Å². The van der Waals surface area contributed by atoms with Gasteiger partial charge < -0.3 is 4.74 Å². The van der Waals surface area contributed by atoms with Gasteiger partial charge in [0.25, 0.3) is 0 Å². The molecule has 24 heavy (non-hydrogen) atoms. The van der Waals surface area contributed by atoms with E-state index in [9.17, 15) is 13.2 Å². The Morgan fingerprint density at radius 2 is 1.75 bits per heavy atom. The van der Waals surface area contributed by atoms with Gasteiger partial charge in [0.1, 0.15) is 0 Å². The van der Waals surface area contributed by atoms with E-state index in [0.717, 1.165) is 22.3 Å². The number of esters is 1. The molecule has 0 amide bonds. The maximum Gasteiger partial charge on any atom is 0.339 e. The van der Waals surface area contributed by atoms with Crippen molar-refractivity contribution in [2.75, 3.05) is 6.61 Å². The molecule has 0 atom stereocenters. The summed E-state index contributed by atoms with van der Waals surface area (Å²) in [5.41, 5.74) is 3.99. The number of carbonyl (C=O) groups excluding carboxylic acids is 1. The topological polar surface area (TPSA) is 86.5 Å². The molecule has 0 radical (unpaired) electrons. The molecular formula is C18H17NO4S. The number of hydrogen-bond acceptors (Lipinski definition) is 4. The summed E-state index contributed by atoms with van der Waals surface area (Å²) in [6.07, 6.45) is 0.573. The number of hydrogen-bond donors (Lipinski definition) is 1. The van der Waals surface area contributed by atoms with Gasteiger partial charge in [0, 0.05) is 6.42 Å². The number of aryl methyl sites for hydroxylation is 1. The molecule has 1 heterocycles. The monoisotopic (exact) mass is 343 g/mol. The fraction of sp³-hybridized carbons (Fsp3) is 0.167. The molecule has 2 N–H and O–H groups in total. The second kappa shape index (κ2) is 6.22. The Kier molecular flexibility index (Phi) is 4.26. The number of rotatable bonds is 3. The van der Waals surface area contributed by atoms with Crippen molar-refractivity contribution >= 4 is 27.1 Å². The standard InChI is InChI=1S/C18H17NO4S/c1-12-3-2-4-14(11-12)17-16(9-10-23-18(17)20)13-5-7-15(8-6-13)24(19,21)22/h2-8,11H,9-10H2,1H3,(H2,19,21,22). The lowest BCUT2D eigenvalue weighted by Crippen LogP contribution is -2.17. The van der Waals surface area contributed by atoms with Crippen LogP contribution in [0.4, 0.5) is 0 Å². The van der Waals surface area contributed by atoms with E-state index in [4.69, 9.17) is 9.88 Å². The van der Waals surface area contributed by atoms with Crippen LogP contribution in [0.2, 0.25) is 0 Å². The predicted octanol–water partition coefficient (Wildman–Crippen LogP) is 2.50. The molecule has 124 valence electrons. The van der Waals surface area contributed by atoms with Crippen molar-refractivity contribution in [3.63, 3.8) is 0 Å². The van der Waals surface area contributed by atoms with E-state index in [1.54, 1.807) is 12.1 Å². The summed E-state index contributed by atoms with van der Waals surface area (Å²) in [7, 11) is -3.74. The highest BCUT2D eigenvalue weighted by Gasteiger charge is 2.24. The summed E-state index contributed by atoms with van der Waals surface area (Å²) in [4.78, 5) is 12.4. The maximum atomic E-state index is 12.3. The van der Waals surface area contributed by atoms with Gasteiger partial charge in [0.05, 0.1) is 17.1 Å². The zero-order valence-corrected chi connectivity index (χ0v) is 14.0. The van der Waals surface area contributed by atoms with E-state index in [1.165, 1.54) is 12.1 Å². The number of cyclic esters (lactones) is 1. The average molecular weight is 343 g/mol. The molecule has 0 aliphatic carbocycles. The largest absolute Gasteiger partial charge is 0.462 e. The highest BCUT2D eigenvalue weighted by atomic mass is 32.2. The van der Waals surface area contributed by atoms with E-state index < -0.39 is 10.0 Å². The van der Waals surface area contributed by atoms with Crippen LogP contribution in [0.15, 0.2) is 53.4 Å². The van der Waals surface area contributed by atoms with Crippen molar-refractivity contribution in [2.45, 2.75) is 18.2 Å². The van der Waals surface area contributed by atoms with Crippen LogP contribution >= 0.6 is 0 Å². The first-order valence-electron chi connectivity index (χ1n) is 7.47. The fourth-order valence-electron chi connectivity index (χ4n) is 2.79. The van der Waals surface area contributed by atoms with E-state index in [1.807, 2.05) is 31.2 Å². The van der Waals surface area contributed by atoms with Crippen LogP contribution in [0, 0.1) is 6.92 Å². The SMILES string of the molecule is Cc1cccc(C2=C(c3ccc(S(N)(=O)=O)cc3)CCOC2=O)c1. The lowest BCUT2D eigenvalue weighted by Gasteiger charge is -2.21. The molecule has 2 aromatic rings. The Labute approximate surface area is 140 Å². The first-order chi connectivity index (χ1) is 11.4. The van der Waals surface area contributed by atoms with Crippen molar-refractivity contribution in [1.82, 2.24) is 0 Å².